The fourth-order valence-corrected chi connectivity index (χ4v) is 5.05. The Labute approximate surface area is 207 Å². The van der Waals surface area contributed by atoms with E-state index in [2.05, 4.69) is 16.6 Å². The fourth-order valence-electron chi connectivity index (χ4n) is 4.27. The third kappa shape index (κ3) is 5.53. The smallest absolute Gasteiger partial charge is 0.407 e. The van der Waals surface area contributed by atoms with E-state index in [9.17, 15) is 19.5 Å². The number of thiophene rings is 1. The molecular weight excluding hydrogens is 464 g/mol. The Hall–Kier alpha value is -4.09. The first-order valence-corrected chi connectivity index (χ1v) is 12.0. The second-order valence-corrected chi connectivity index (χ2v) is 9.08. The molecule has 1 aliphatic carbocycles. The summed E-state index contributed by atoms with van der Waals surface area (Å²) in [5, 5.41) is 16.2. The normalized spacial score (nSPS) is 13.6. The molecule has 0 spiro atoms. The van der Waals surface area contributed by atoms with Crippen LogP contribution in [0.15, 0.2) is 66.0 Å². The SMILES string of the molecule is C#CCC(NC(=O)OCC1c2ccccc2-c2ccccc21)C(=O)NC(CC(=O)O)c1cccs1. The van der Waals surface area contributed by atoms with Crippen molar-refractivity contribution in [3.05, 3.63) is 82.0 Å². The summed E-state index contributed by atoms with van der Waals surface area (Å²) < 4.78 is 5.52. The van der Waals surface area contributed by atoms with Crippen LogP contribution in [0.4, 0.5) is 4.79 Å². The number of carbonyl (C=O) groups excluding carboxylic acids is 2. The number of benzene rings is 2. The molecule has 2 amide bonds. The third-order valence-corrected chi connectivity index (χ3v) is 6.84. The Kier molecular flexibility index (Phi) is 7.48. The minimum absolute atomic E-state index is 0.0692. The number of nitrogens with one attached hydrogen (secondary N) is 2. The second kappa shape index (κ2) is 10.9. The minimum atomic E-state index is -1.06. The lowest BCUT2D eigenvalue weighted by Gasteiger charge is -2.21. The molecule has 3 N–H and O–H groups in total. The molecule has 1 heterocycles. The molecule has 35 heavy (non-hydrogen) atoms. The number of ether oxygens (including phenoxy) is 1. The Morgan fingerprint density at radius 1 is 1.00 bits per heavy atom. The van der Waals surface area contributed by atoms with Crippen molar-refractivity contribution in [2.75, 3.05) is 6.61 Å². The number of carboxylic acid groups (broad SMARTS) is 1. The first kappa shape index (κ1) is 24.0. The highest BCUT2D eigenvalue weighted by Crippen LogP contribution is 2.44. The molecule has 4 rings (SSSR count). The highest BCUT2D eigenvalue weighted by atomic mass is 32.1. The predicted octanol–water partition coefficient (Wildman–Crippen LogP) is 4.31. The van der Waals surface area contributed by atoms with Gasteiger partial charge in [0.2, 0.25) is 5.91 Å². The second-order valence-electron chi connectivity index (χ2n) is 8.11. The number of aliphatic carboxylic acids is 1. The Morgan fingerprint density at radius 2 is 1.66 bits per heavy atom. The zero-order chi connectivity index (χ0) is 24.8. The summed E-state index contributed by atoms with van der Waals surface area (Å²) in [6.45, 7) is 0.0983. The molecule has 2 aromatic carbocycles. The summed E-state index contributed by atoms with van der Waals surface area (Å²) in [5.74, 6) is 0.636. The van der Waals surface area contributed by atoms with Crippen LogP contribution in [0.3, 0.4) is 0 Å². The summed E-state index contributed by atoms with van der Waals surface area (Å²) in [5.41, 5.74) is 4.37. The van der Waals surface area contributed by atoms with Gasteiger partial charge in [-0.25, -0.2) is 4.79 Å². The standard InChI is InChI=1S/C27H24N2O5S/c1-2-8-22(26(32)28-23(15-25(30)31)24-13-7-14-35-24)29-27(33)34-16-21-19-11-5-3-9-17(19)18-10-4-6-12-20(18)21/h1,3-7,9-14,21-23H,8,15-16H2,(H,28,32)(H,29,33)(H,30,31). The fraction of sp³-hybridized carbons (Fsp3) is 0.222. The van der Waals surface area contributed by atoms with Crippen LogP contribution in [0.5, 0.6) is 0 Å². The van der Waals surface area contributed by atoms with Gasteiger partial charge in [-0.15, -0.1) is 23.7 Å². The monoisotopic (exact) mass is 488 g/mol. The van der Waals surface area contributed by atoms with E-state index in [4.69, 9.17) is 11.2 Å². The van der Waals surface area contributed by atoms with Crippen LogP contribution in [0, 0.1) is 12.3 Å². The Morgan fingerprint density at radius 3 is 2.23 bits per heavy atom. The number of hydrogen-bond donors (Lipinski definition) is 3. The van der Waals surface area contributed by atoms with Gasteiger partial charge in [-0.2, -0.15) is 0 Å². The highest BCUT2D eigenvalue weighted by molar-refractivity contribution is 7.10. The van der Waals surface area contributed by atoms with Crippen molar-refractivity contribution in [2.24, 2.45) is 0 Å². The molecule has 0 saturated heterocycles. The molecule has 1 aromatic heterocycles. The molecule has 2 atom stereocenters. The number of alkyl carbamates (subject to hydrolysis) is 1. The van der Waals surface area contributed by atoms with Crippen molar-refractivity contribution >= 4 is 29.3 Å². The van der Waals surface area contributed by atoms with Gasteiger partial charge >= 0.3 is 12.1 Å². The van der Waals surface area contributed by atoms with Gasteiger partial charge in [-0.05, 0) is 33.7 Å². The topological polar surface area (TPSA) is 105 Å². The average Bonchev–Trinajstić information content (AvgIpc) is 3.49. The number of terminal acetylenes is 1. The molecule has 8 heteroatoms. The molecule has 178 valence electrons. The van der Waals surface area contributed by atoms with Gasteiger partial charge < -0.3 is 20.5 Å². The zero-order valence-electron chi connectivity index (χ0n) is 18.8. The summed E-state index contributed by atoms with van der Waals surface area (Å²) >= 11 is 1.33. The molecule has 0 fully saturated rings. The maximum absolute atomic E-state index is 12.9. The van der Waals surface area contributed by atoms with Crippen molar-refractivity contribution in [1.29, 1.82) is 0 Å². The molecule has 0 bridgehead atoms. The van der Waals surface area contributed by atoms with Crippen molar-refractivity contribution in [3.63, 3.8) is 0 Å². The van der Waals surface area contributed by atoms with Crippen LogP contribution in [0.1, 0.15) is 40.8 Å². The van der Waals surface area contributed by atoms with E-state index < -0.39 is 30.1 Å². The summed E-state index contributed by atoms with van der Waals surface area (Å²) in [4.78, 5) is 37.5. The zero-order valence-corrected chi connectivity index (χ0v) is 19.6. The van der Waals surface area contributed by atoms with Crippen LogP contribution in [-0.4, -0.2) is 35.7 Å². The number of carboxylic acids is 1. The first-order valence-electron chi connectivity index (χ1n) is 11.1. The number of rotatable bonds is 9. The van der Waals surface area contributed by atoms with E-state index in [0.717, 1.165) is 22.3 Å². The minimum Gasteiger partial charge on any atom is -0.481 e. The van der Waals surface area contributed by atoms with E-state index in [1.54, 1.807) is 17.5 Å². The van der Waals surface area contributed by atoms with Gasteiger partial charge in [0, 0.05) is 17.2 Å². The van der Waals surface area contributed by atoms with Crippen molar-refractivity contribution in [2.45, 2.75) is 30.8 Å². The first-order chi connectivity index (χ1) is 17.0. The summed E-state index contributed by atoms with van der Waals surface area (Å²) in [7, 11) is 0. The van der Waals surface area contributed by atoms with E-state index in [-0.39, 0.29) is 25.4 Å². The van der Waals surface area contributed by atoms with E-state index in [1.165, 1.54) is 11.3 Å². The maximum Gasteiger partial charge on any atom is 0.407 e. The van der Waals surface area contributed by atoms with E-state index in [0.29, 0.717) is 4.88 Å². The van der Waals surface area contributed by atoms with Crippen LogP contribution in [0.25, 0.3) is 11.1 Å². The number of carbonyl (C=O) groups is 3. The van der Waals surface area contributed by atoms with Crippen molar-refractivity contribution in [3.8, 4) is 23.5 Å². The van der Waals surface area contributed by atoms with Gasteiger partial charge in [-0.1, -0.05) is 54.6 Å². The van der Waals surface area contributed by atoms with Crippen LogP contribution >= 0.6 is 11.3 Å². The van der Waals surface area contributed by atoms with E-state index >= 15 is 0 Å². The molecule has 7 nitrogen and oxygen atoms in total. The lowest BCUT2D eigenvalue weighted by atomic mass is 9.98. The van der Waals surface area contributed by atoms with Crippen LogP contribution in [0.2, 0.25) is 0 Å². The van der Waals surface area contributed by atoms with Gasteiger partial charge in [0.15, 0.2) is 0 Å². The van der Waals surface area contributed by atoms with Gasteiger partial charge in [0.05, 0.1) is 12.5 Å². The molecule has 3 aromatic rings. The van der Waals surface area contributed by atoms with Crippen molar-refractivity contribution < 1.29 is 24.2 Å². The molecule has 0 radical (unpaired) electrons. The molecule has 1 aliphatic rings. The lowest BCUT2D eigenvalue weighted by Crippen LogP contribution is -2.48. The molecule has 0 saturated carbocycles. The van der Waals surface area contributed by atoms with Gasteiger partial charge in [0.1, 0.15) is 12.6 Å². The number of amides is 2. The summed E-state index contributed by atoms with van der Waals surface area (Å²) in [6.07, 6.45) is 4.28. The predicted molar refractivity (Wildman–Crippen MR) is 133 cm³/mol. The number of fused-ring (bicyclic) bond motifs is 3. The average molecular weight is 489 g/mol. The summed E-state index contributed by atoms with van der Waals surface area (Å²) in [6, 6.07) is 17.7. The molecule has 0 aliphatic heterocycles. The molecular formula is C27H24N2O5S. The quantitative estimate of drug-likeness (QED) is 0.389. The van der Waals surface area contributed by atoms with E-state index in [1.807, 2.05) is 48.5 Å². The van der Waals surface area contributed by atoms with Crippen LogP contribution < -0.4 is 10.6 Å². The molecule has 2 unspecified atom stereocenters. The maximum atomic E-state index is 12.9. The van der Waals surface area contributed by atoms with Gasteiger partial charge in [-0.3, -0.25) is 9.59 Å². The lowest BCUT2D eigenvalue weighted by molar-refractivity contribution is -0.137. The Bertz CT molecular complexity index is 1220. The van der Waals surface area contributed by atoms with Crippen molar-refractivity contribution in [1.82, 2.24) is 10.6 Å². The van der Waals surface area contributed by atoms with Crippen LogP contribution in [-0.2, 0) is 14.3 Å². The van der Waals surface area contributed by atoms with Gasteiger partial charge in [0.25, 0.3) is 0 Å². The highest BCUT2D eigenvalue weighted by Gasteiger charge is 2.30. The number of hydrogen-bond acceptors (Lipinski definition) is 5. The Balaban J connectivity index is 1.41. The third-order valence-electron chi connectivity index (χ3n) is 5.86. The largest absolute Gasteiger partial charge is 0.481 e.